The van der Waals surface area contributed by atoms with Crippen molar-refractivity contribution in [1.82, 2.24) is 4.90 Å². The predicted molar refractivity (Wildman–Crippen MR) is 84.8 cm³/mol. The lowest BCUT2D eigenvalue weighted by Crippen LogP contribution is -2.38. The molecule has 1 amide bonds. The number of hydrogen-bond acceptors (Lipinski definition) is 3. The second kappa shape index (κ2) is 5.07. The Kier molecular flexibility index (Phi) is 3.10. The fourth-order valence-electron chi connectivity index (χ4n) is 3.70. The first-order valence-electron chi connectivity index (χ1n) is 7.79. The van der Waals surface area contributed by atoms with Crippen LogP contribution in [0.1, 0.15) is 40.4 Å². The van der Waals surface area contributed by atoms with Crippen molar-refractivity contribution in [2.45, 2.75) is 24.4 Å². The van der Waals surface area contributed by atoms with Gasteiger partial charge in [0.05, 0.1) is 24.3 Å². The molecule has 1 aliphatic heterocycles. The quantitative estimate of drug-likeness (QED) is 0.868. The van der Waals surface area contributed by atoms with Gasteiger partial charge < -0.3 is 9.64 Å². The monoisotopic (exact) mass is 322 g/mol. The maximum absolute atomic E-state index is 14.4. The number of nitrogens with zero attached hydrogens (tertiary/aromatic N) is 2. The van der Waals surface area contributed by atoms with Crippen LogP contribution in [0.5, 0.6) is 5.75 Å². The van der Waals surface area contributed by atoms with Gasteiger partial charge in [0.1, 0.15) is 17.6 Å². The molecule has 4 rings (SSSR count). The average molecular weight is 322 g/mol. The second-order valence-corrected chi connectivity index (χ2v) is 6.14. The van der Waals surface area contributed by atoms with Crippen molar-refractivity contribution >= 4 is 5.91 Å². The average Bonchev–Trinajstić information content (AvgIpc) is 3.36. The number of halogens is 1. The molecule has 1 unspecified atom stereocenters. The van der Waals surface area contributed by atoms with E-state index in [0.717, 1.165) is 18.4 Å². The molecular weight excluding hydrogens is 307 g/mol. The van der Waals surface area contributed by atoms with E-state index in [9.17, 15) is 14.4 Å². The van der Waals surface area contributed by atoms with Gasteiger partial charge in [-0.25, -0.2) is 4.39 Å². The van der Waals surface area contributed by atoms with E-state index in [4.69, 9.17) is 4.74 Å². The zero-order valence-corrected chi connectivity index (χ0v) is 13.1. The molecule has 1 atom stereocenters. The van der Waals surface area contributed by atoms with Gasteiger partial charge in [-0.2, -0.15) is 5.26 Å². The molecule has 2 aromatic rings. The minimum atomic E-state index is -0.940. The van der Waals surface area contributed by atoms with Crippen molar-refractivity contribution in [3.05, 3.63) is 65.0 Å². The third kappa shape index (κ3) is 1.80. The maximum Gasteiger partial charge on any atom is 0.260 e. The number of hydrogen-bond donors (Lipinski definition) is 0. The molecule has 0 saturated heterocycles. The Hall–Kier alpha value is -2.87. The summed E-state index contributed by atoms with van der Waals surface area (Å²) in [4.78, 5) is 14.6. The van der Waals surface area contributed by atoms with Gasteiger partial charge in [-0.15, -0.1) is 0 Å². The smallest absolute Gasteiger partial charge is 0.260 e. The molecule has 2 aliphatic rings. The Bertz CT molecular complexity index is 869. The molecule has 1 heterocycles. The van der Waals surface area contributed by atoms with Gasteiger partial charge in [-0.05, 0) is 30.5 Å². The van der Waals surface area contributed by atoms with E-state index in [0.29, 0.717) is 5.75 Å². The van der Waals surface area contributed by atoms with Crippen LogP contribution in [-0.4, -0.2) is 17.9 Å². The summed E-state index contributed by atoms with van der Waals surface area (Å²) in [7, 11) is 1.44. The molecule has 0 radical (unpaired) electrons. The number of amides is 1. The summed E-state index contributed by atoms with van der Waals surface area (Å²) < 4.78 is 19.7. The number of carbonyl (C=O) groups excluding carboxylic acids is 1. The standard InChI is InChI=1S/C19H15FN2O2/c1-24-15-8-7-13(20)16-14(11-21)22(18(23)17(15)16)19(9-10-19)12-5-3-2-4-6-12/h2-8,14H,9-10H2,1H3. The van der Waals surface area contributed by atoms with Gasteiger partial charge in [0, 0.05) is 5.56 Å². The molecule has 1 aliphatic carbocycles. The van der Waals surface area contributed by atoms with Crippen LogP contribution < -0.4 is 4.74 Å². The van der Waals surface area contributed by atoms with Crippen molar-refractivity contribution in [3.63, 3.8) is 0 Å². The van der Waals surface area contributed by atoms with E-state index in [1.807, 2.05) is 30.3 Å². The Labute approximate surface area is 139 Å². The molecule has 0 aromatic heterocycles. The molecular formula is C19H15FN2O2. The summed E-state index contributed by atoms with van der Waals surface area (Å²) >= 11 is 0. The Morgan fingerprint density at radius 3 is 2.54 bits per heavy atom. The van der Waals surface area contributed by atoms with Crippen molar-refractivity contribution in [2.24, 2.45) is 0 Å². The van der Waals surface area contributed by atoms with Crippen LogP contribution in [0.3, 0.4) is 0 Å². The second-order valence-electron chi connectivity index (χ2n) is 6.14. The van der Waals surface area contributed by atoms with E-state index in [1.165, 1.54) is 19.2 Å². The summed E-state index contributed by atoms with van der Waals surface area (Å²) in [5.41, 5.74) is 0.746. The largest absolute Gasteiger partial charge is 0.496 e. The summed E-state index contributed by atoms with van der Waals surface area (Å²) in [5, 5.41) is 9.68. The molecule has 4 nitrogen and oxygen atoms in total. The molecule has 1 fully saturated rings. The van der Waals surface area contributed by atoms with Gasteiger partial charge in [-0.3, -0.25) is 4.79 Å². The number of benzene rings is 2. The zero-order chi connectivity index (χ0) is 16.9. The highest BCUT2D eigenvalue weighted by atomic mass is 19.1. The molecule has 5 heteroatoms. The van der Waals surface area contributed by atoms with Crippen molar-refractivity contribution < 1.29 is 13.9 Å². The molecule has 2 aromatic carbocycles. The van der Waals surface area contributed by atoms with E-state index in [2.05, 4.69) is 6.07 Å². The van der Waals surface area contributed by atoms with Crippen LogP contribution in [0.25, 0.3) is 0 Å². The number of carbonyl (C=O) groups is 1. The fraction of sp³-hybridized carbons (Fsp3) is 0.263. The van der Waals surface area contributed by atoms with E-state index >= 15 is 0 Å². The predicted octanol–water partition coefficient (Wildman–Crippen LogP) is 3.54. The van der Waals surface area contributed by atoms with Crippen molar-refractivity contribution in [2.75, 3.05) is 7.11 Å². The minimum absolute atomic E-state index is 0.129. The highest BCUT2D eigenvalue weighted by Crippen LogP contribution is 2.57. The number of fused-ring (bicyclic) bond motifs is 1. The van der Waals surface area contributed by atoms with Crippen LogP contribution in [0, 0.1) is 17.1 Å². The summed E-state index contributed by atoms with van der Waals surface area (Å²) in [6, 6.07) is 13.5. The molecule has 24 heavy (non-hydrogen) atoms. The Morgan fingerprint density at radius 2 is 1.96 bits per heavy atom. The lowest BCUT2D eigenvalue weighted by atomic mass is 10.0. The summed E-state index contributed by atoms with van der Waals surface area (Å²) in [5.74, 6) is -0.575. The van der Waals surface area contributed by atoms with E-state index in [-0.39, 0.29) is 17.0 Å². The van der Waals surface area contributed by atoms with Crippen molar-refractivity contribution in [1.29, 1.82) is 5.26 Å². The topological polar surface area (TPSA) is 53.3 Å². The normalized spacial score (nSPS) is 20.5. The first kappa shape index (κ1) is 14.7. The molecule has 0 N–H and O–H groups in total. The molecule has 0 bridgehead atoms. The SMILES string of the molecule is COc1ccc(F)c2c1C(=O)N(C1(c3ccccc3)CC1)C2C#N. The van der Waals surface area contributed by atoms with E-state index < -0.39 is 17.4 Å². The highest BCUT2D eigenvalue weighted by molar-refractivity contribution is 6.03. The number of rotatable bonds is 3. The third-order valence-electron chi connectivity index (χ3n) is 4.96. The number of methoxy groups -OCH3 is 1. The van der Waals surface area contributed by atoms with Gasteiger partial charge in [0.15, 0.2) is 0 Å². The molecule has 120 valence electrons. The Balaban J connectivity index is 1.89. The number of ether oxygens (including phenoxy) is 1. The molecule has 1 saturated carbocycles. The minimum Gasteiger partial charge on any atom is -0.496 e. The Morgan fingerprint density at radius 1 is 1.25 bits per heavy atom. The van der Waals surface area contributed by atoms with Crippen LogP contribution in [0.15, 0.2) is 42.5 Å². The molecule has 0 spiro atoms. The lowest BCUT2D eigenvalue weighted by molar-refractivity contribution is 0.0632. The fourth-order valence-corrected chi connectivity index (χ4v) is 3.70. The van der Waals surface area contributed by atoms with E-state index in [1.54, 1.807) is 4.90 Å². The maximum atomic E-state index is 14.4. The third-order valence-corrected chi connectivity index (χ3v) is 4.96. The lowest BCUT2D eigenvalue weighted by Gasteiger charge is -2.31. The van der Waals surface area contributed by atoms with Gasteiger partial charge in [0.2, 0.25) is 0 Å². The first-order chi connectivity index (χ1) is 11.6. The van der Waals surface area contributed by atoms with Crippen LogP contribution in [0.2, 0.25) is 0 Å². The number of nitriles is 1. The van der Waals surface area contributed by atoms with Gasteiger partial charge >= 0.3 is 0 Å². The zero-order valence-electron chi connectivity index (χ0n) is 13.1. The summed E-state index contributed by atoms with van der Waals surface area (Å²) in [6.07, 6.45) is 1.53. The van der Waals surface area contributed by atoms with Crippen molar-refractivity contribution in [3.8, 4) is 11.8 Å². The summed E-state index contributed by atoms with van der Waals surface area (Å²) in [6.45, 7) is 0. The van der Waals surface area contributed by atoms with Gasteiger partial charge in [0.25, 0.3) is 5.91 Å². The van der Waals surface area contributed by atoms with Crippen LogP contribution >= 0.6 is 0 Å². The first-order valence-corrected chi connectivity index (χ1v) is 7.79. The van der Waals surface area contributed by atoms with Gasteiger partial charge in [-0.1, -0.05) is 30.3 Å². The highest BCUT2D eigenvalue weighted by Gasteiger charge is 2.58. The van der Waals surface area contributed by atoms with Crippen LogP contribution in [0.4, 0.5) is 4.39 Å². The van der Waals surface area contributed by atoms with Crippen LogP contribution in [-0.2, 0) is 5.54 Å².